The number of alkyl halides is 15. The zero-order valence-electron chi connectivity index (χ0n) is 78.8. The van der Waals surface area contributed by atoms with Crippen LogP contribution in [-0.2, 0) is 128 Å². The van der Waals surface area contributed by atoms with E-state index in [0.717, 1.165) is 13.8 Å². The van der Waals surface area contributed by atoms with Crippen LogP contribution in [0.3, 0.4) is 0 Å². The molecule has 134 heavy (non-hydrogen) atoms. The molecule has 6 aromatic carbocycles. The Labute approximate surface area is 784 Å². The highest BCUT2D eigenvalue weighted by Gasteiger charge is 2.54. The number of halogens is 15. The van der Waals surface area contributed by atoms with Crippen molar-refractivity contribution in [1.82, 2.24) is 0 Å². The average Bonchev–Trinajstić information content (AvgIpc) is 0.738. The fourth-order valence-corrected chi connectivity index (χ4v) is 30.3. The second-order valence-corrected chi connectivity index (χ2v) is 62.4. The summed E-state index contributed by atoms with van der Waals surface area (Å²) in [5.41, 5.74) is -27.0. The van der Waals surface area contributed by atoms with Crippen molar-refractivity contribution in [3.8, 4) is 0 Å². The quantitative estimate of drug-likeness (QED) is 0.0680. The molecular weight excluding hydrogens is 2080 g/mol. The van der Waals surface area contributed by atoms with Crippen molar-refractivity contribution in [2.75, 3.05) is 43.8 Å². The van der Waals surface area contributed by atoms with Gasteiger partial charge in [0.1, 0.15) is 19.7 Å². The van der Waals surface area contributed by atoms with Crippen LogP contribution in [0.15, 0.2) is 170 Å². The summed E-state index contributed by atoms with van der Waals surface area (Å²) in [5, 5.41) is 5.24. The maximum Gasteiger partial charge on any atom is 0.470 e. The van der Waals surface area contributed by atoms with Crippen molar-refractivity contribution in [2.24, 2.45) is 21.7 Å². The first-order valence-corrected chi connectivity index (χ1v) is 60.2. The lowest BCUT2D eigenvalue weighted by molar-refractivity contribution is -0.0436. The van der Waals surface area contributed by atoms with E-state index in [1.54, 1.807) is 0 Å². The Bertz CT molecular complexity index is 5540. The Kier molecular flexibility index (Phi) is 57.7. The molecular formula is C80H122F15O26S13-5. The first kappa shape index (κ1) is 141. The van der Waals surface area contributed by atoms with Gasteiger partial charge >= 0.3 is 27.5 Å². The second kappa shape index (κ2) is 54.8. The van der Waals surface area contributed by atoms with Gasteiger partial charge in [-0.2, -0.15) is 79.7 Å². The normalized spacial score (nSPS) is 13.3. The monoisotopic (exact) mass is 2200 g/mol. The molecule has 0 amide bonds. The number of hydrogen-bond acceptors (Lipinski definition) is 26. The SMILES string of the molecule is CCC(C)(C)C.CCC(C)(C)C.CCC(C)(C)C.CCC(C)(C)C.CCC(C)(C)S(=O)(=O)[C-](S(C)(=O)=O)S(=O)(=O)C(F)(F)F.CS(=O)(=O)[C-](S(C)(=O)=O)S(=O)(=O)C(F)(F)F.CS(=O)(=O)[C-](S(C)(=O)=O)S(=O)(=O)C(F)(F)F.C[C-](S(C)(=O)=O)S(=O)(=O)C(F)(F)F.C[C-](S(C)(=O)=O)S(=O)(=O)C(F)(F)F.c1ccc2ccccc2c1.c1ccc2ccccc2c1.c1ccccc1.c1ccccc1. The maximum atomic E-state index is 12.5. The van der Waals surface area contributed by atoms with Crippen LogP contribution in [0.2, 0.25) is 0 Å². The molecule has 0 aliphatic carbocycles. The fourth-order valence-electron chi connectivity index (χ4n) is 6.35. The molecule has 786 valence electrons. The summed E-state index contributed by atoms with van der Waals surface area (Å²) in [4.78, 5) is 0. The number of benzene rings is 6. The van der Waals surface area contributed by atoms with E-state index >= 15 is 0 Å². The molecule has 0 aliphatic rings. The van der Waals surface area contributed by atoms with Crippen molar-refractivity contribution < 1.29 is 175 Å². The first-order chi connectivity index (χ1) is 58.6. The Hall–Kier alpha value is -5.86. The number of rotatable bonds is 15. The van der Waals surface area contributed by atoms with Crippen LogP contribution in [0.5, 0.6) is 0 Å². The summed E-state index contributed by atoms with van der Waals surface area (Å²) in [5.74, 6) is 0. The molecule has 26 nitrogen and oxygen atoms in total. The van der Waals surface area contributed by atoms with Gasteiger partial charge in [-0.05, 0) is 63.5 Å². The highest BCUT2D eigenvalue weighted by molar-refractivity contribution is 8.30. The van der Waals surface area contributed by atoms with Crippen LogP contribution in [-0.4, -0.2) is 186 Å². The molecule has 0 aromatic heterocycles. The van der Waals surface area contributed by atoms with E-state index in [-0.39, 0.29) is 37.7 Å². The van der Waals surface area contributed by atoms with Gasteiger partial charge < -0.3 is 0 Å². The number of sulfone groups is 13. The molecule has 0 aliphatic heterocycles. The standard InChI is InChI=1S/2C10H8.C8H14F3O6S3.2C6H6.4C6H14.2C4H6F3O6S3.2C4H6F3O4S2/c2*1-2-6-10-8-4-3-7-9(10)5-1;1-5-7(2,3)19(14,15)6(18(4,12)13)20(16,17)8(9,10)11;2*1-2-4-6-5-3-1;4*1-5-6(2,3)4;2*1-14(8,9)3(15(2,10)11)16(12,13)4(5,6)7;2*1-3(12(2,8)9)13(10,11)4(5,6)7/h2*1-8H;5H2,1-4H3;2*1-6H;4*5H2,1-4H3;2*1-2H3;2*1-2H3/q;;-1;;;;;;;4*-1. The Morgan fingerprint density at radius 1 is 0.194 bits per heavy atom. The number of hydrogen-bond donors (Lipinski definition) is 0. The summed E-state index contributed by atoms with van der Waals surface area (Å²) >= 11 is 0. The highest BCUT2D eigenvalue weighted by Crippen LogP contribution is 2.44. The van der Waals surface area contributed by atoms with E-state index in [0.29, 0.717) is 48.0 Å². The van der Waals surface area contributed by atoms with Crippen LogP contribution in [0, 0.1) is 42.6 Å². The molecule has 0 bridgehead atoms. The molecule has 6 aromatic rings. The molecule has 0 heterocycles. The Morgan fingerprint density at radius 3 is 0.388 bits per heavy atom. The van der Waals surface area contributed by atoms with Gasteiger partial charge in [0.25, 0.3) is 0 Å². The molecule has 0 unspecified atom stereocenters. The largest absolute Gasteiger partial charge is 0.470 e. The van der Waals surface area contributed by atoms with Crippen LogP contribution in [0.4, 0.5) is 65.9 Å². The van der Waals surface area contributed by atoms with Crippen LogP contribution < -0.4 is 0 Å². The van der Waals surface area contributed by atoms with Gasteiger partial charge in [0.2, 0.25) is 0 Å². The van der Waals surface area contributed by atoms with E-state index < -0.39 is 181 Å². The molecule has 0 saturated carbocycles. The Balaban J connectivity index is -0.000000266. The van der Waals surface area contributed by atoms with Gasteiger partial charge in [0.05, 0.1) is 70.8 Å². The van der Waals surface area contributed by atoms with E-state index in [2.05, 4.69) is 208 Å². The third-order valence-electron chi connectivity index (χ3n) is 16.2. The molecule has 0 fully saturated rings. The van der Waals surface area contributed by atoms with Gasteiger partial charge in [-0.1, -0.05) is 322 Å². The second-order valence-electron chi connectivity index (χ2n) is 33.2. The fraction of sp³-hybridized carbons (Fsp3) is 0.537. The predicted octanol–water partition coefficient (Wildman–Crippen LogP) is 19.7. The van der Waals surface area contributed by atoms with Crippen molar-refractivity contribution in [3.05, 3.63) is 191 Å². The van der Waals surface area contributed by atoms with E-state index in [1.165, 1.54) is 54.2 Å². The van der Waals surface area contributed by atoms with E-state index in [4.69, 9.17) is 0 Å². The minimum Gasteiger partial charge on any atom is -0.261 e. The Morgan fingerprint density at radius 2 is 0.313 bits per heavy atom. The van der Waals surface area contributed by atoms with Gasteiger partial charge in [-0.25, -0.2) is 0 Å². The zero-order chi connectivity index (χ0) is 109. The van der Waals surface area contributed by atoms with Crippen LogP contribution in [0.25, 0.3) is 21.5 Å². The molecule has 0 N–H and O–H groups in total. The van der Waals surface area contributed by atoms with Crippen molar-refractivity contribution in [2.45, 2.75) is 210 Å². The van der Waals surface area contributed by atoms with Gasteiger partial charge in [0.15, 0.2) is 29.5 Å². The van der Waals surface area contributed by atoms with Gasteiger partial charge in [0, 0.05) is 68.2 Å². The minimum atomic E-state index is -6.51. The van der Waals surface area contributed by atoms with Gasteiger partial charge in [-0.3, -0.25) is 109 Å². The molecule has 0 atom stereocenters. The summed E-state index contributed by atoms with van der Waals surface area (Å²) < 4.78 is 450. The minimum absolute atomic E-state index is 0.0622. The van der Waals surface area contributed by atoms with Crippen molar-refractivity contribution in [3.63, 3.8) is 0 Å². The zero-order valence-corrected chi connectivity index (χ0v) is 89.4. The summed E-state index contributed by atoms with van der Waals surface area (Å²) in [6, 6.07) is 57.4. The highest BCUT2D eigenvalue weighted by atomic mass is 32.3. The maximum absolute atomic E-state index is 12.5. The molecule has 0 radical (unpaired) electrons. The lowest BCUT2D eigenvalue weighted by atomic mass is 9.94. The number of fused-ring (bicyclic) bond motifs is 2. The molecule has 0 saturated heterocycles. The first-order valence-electron chi connectivity index (χ1n) is 38.0. The van der Waals surface area contributed by atoms with E-state index in [1.807, 2.05) is 72.8 Å². The molecule has 6 rings (SSSR count). The van der Waals surface area contributed by atoms with Gasteiger partial charge in [-0.15, -0.1) is 0 Å². The lowest BCUT2D eigenvalue weighted by Crippen LogP contribution is -2.45. The van der Waals surface area contributed by atoms with E-state index in [9.17, 15) is 175 Å². The topological polar surface area (TPSA) is 444 Å². The van der Waals surface area contributed by atoms with Crippen LogP contribution in [0.1, 0.15) is 178 Å². The summed E-state index contributed by atoms with van der Waals surface area (Å²) in [6.45, 7) is 39.7. The third-order valence-corrected chi connectivity index (χ3v) is 46.8. The van der Waals surface area contributed by atoms with Crippen molar-refractivity contribution >= 4 is 149 Å². The van der Waals surface area contributed by atoms with Crippen molar-refractivity contribution in [1.29, 1.82) is 0 Å². The predicted molar refractivity (Wildman–Crippen MR) is 499 cm³/mol. The smallest absolute Gasteiger partial charge is 0.261 e. The summed E-state index contributed by atoms with van der Waals surface area (Å²) in [7, 11) is -69.9. The molecule has 0 spiro atoms. The van der Waals surface area contributed by atoms with Crippen LogP contribution >= 0.6 is 0 Å². The summed E-state index contributed by atoms with van der Waals surface area (Å²) in [6.07, 6.45) is 5.95. The third kappa shape index (κ3) is 55.2. The average molecular weight is 2200 g/mol. The lowest BCUT2D eigenvalue weighted by Gasteiger charge is -2.37. The molecule has 54 heteroatoms.